The summed E-state index contributed by atoms with van der Waals surface area (Å²) in [6.07, 6.45) is 0. The van der Waals surface area contributed by atoms with Crippen LogP contribution in [0.15, 0.2) is 40.8 Å². The molecule has 0 unspecified atom stereocenters. The normalized spacial score (nSPS) is 11.0. The molecule has 0 aliphatic rings. The third-order valence-electron chi connectivity index (χ3n) is 3.78. The van der Waals surface area contributed by atoms with Crippen LogP contribution in [-0.4, -0.2) is 5.78 Å². The van der Waals surface area contributed by atoms with Crippen molar-refractivity contribution in [2.75, 3.05) is 0 Å². The monoisotopic (exact) mass is 278 g/mol. The smallest absolute Gasteiger partial charge is 0.228 e. The molecule has 3 aromatic rings. The fourth-order valence-corrected chi connectivity index (χ4v) is 2.79. The summed E-state index contributed by atoms with van der Waals surface area (Å²) < 4.78 is 5.83. The van der Waals surface area contributed by atoms with Gasteiger partial charge in [0.25, 0.3) is 0 Å². The Morgan fingerprint density at radius 2 is 1.52 bits per heavy atom. The molecule has 2 nitrogen and oxygen atoms in total. The molecular formula is C19H18O2. The second-order valence-corrected chi connectivity index (χ2v) is 5.76. The van der Waals surface area contributed by atoms with Crippen molar-refractivity contribution < 1.29 is 9.21 Å². The zero-order chi connectivity index (χ0) is 15.1. The lowest BCUT2D eigenvalue weighted by atomic mass is 10.0. The molecule has 0 amide bonds. The summed E-state index contributed by atoms with van der Waals surface area (Å²) in [6, 6.07) is 11.9. The Balaban J connectivity index is 2.15. The molecule has 0 aliphatic carbocycles. The Labute approximate surface area is 124 Å². The van der Waals surface area contributed by atoms with Crippen LogP contribution in [0.1, 0.15) is 38.4 Å². The Morgan fingerprint density at radius 3 is 2.19 bits per heavy atom. The highest BCUT2D eigenvalue weighted by Crippen LogP contribution is 2.28. The zero-order valence-electron chi connectivity index (χ0n) is 12.8. The minimum atomic E-state index is -0.0480. The second-order valence-electron chi connectivity index (χ2n) is 5.76. The number of carbonyl (C=O) groups excluding carboxylic acids is 1. The number of rotatable bonds is 2. The van der Waals surface area contributed by atoms with Gasteiger partial charge >= 0.3 is 0 Å². The van der Waals surface area contributed by atoms with Crippen LogP contribution in [0.3, 0.4) is 0 Å². The number of hydrogen-bond acceptors (Lipinski definition) is 2. The van der Waals surface area contributed by atoms with E-state index in [0.717, 1.165) is 33.2 Å². The minimum absolute atomic E-state index is 0.0480. The van der Waals surface area contributed by atoms with E-state index in [9.17, 15) is 4.79 Å². The average molecular weight is 278 g/mol. The topological polar surface area (TPSA) is 30.2 Å². The first kappa shape index (κ1) is 13.6. The quantitative estimate of drug-likeness (QED) is 0.624. The minimum Gasteiger partial charge on any atom is -0.452 e. The summed E-state index contributed by atoms with van der Waals surface area (Å²) in [7, 11) is 0. The first-order chi connectivity index (χ1) is 9.95. The molecule has 0 aliphatic heterocycles. The maximum Gasteiger partial charge on any atom is 0.228 e. The van der Waals surface area contributed by atoms with E-state index in [-0.39, 0.29) is 5.78 Å². The fourth-order valence-electron chi connectivity index (χ4n) is 2.79. The van der Waals surface area contributed by atoms with Gasteiger partial charge < -0.3 is 4.42 Å². The maximum atomic E-state index is 12.7. The lowest BCUT2D eigenvalue weighted by Crippen LogP contribution is -2.02. The van der Waals surface area contributed by atoms with Crippen LogP contribution in [0.4, 0.5) is 0 Å². The van der Waals surface area contributed by atoms with E-state index < -0.39 is 0 Å². The molecule has 21 heavy (non-hydrogen) atoms. The van der Waals surface area contributed by atoms with Crippen molar-refractivity contribution >= 4 is 16.8 Å². The van der Waals surface area contributed by atoms with E-state index in [0.29, 0.717) is 11.3 Å². The van der Waals surface area contributed by atoms with E-state index >= 15 is 0 Å². The highest BCUT2D eigenvalue weighted by molar-refractivity contribution is 6.10. The van der Waals surface area contributed by atoms with Crippen molar-refractivity contribution in [3.05, 3.63) is 70.0 Å². The number of carbonyl (C=O) groups is 1. The van der Waals surface area contributed by atoms with Gasteiger partial charge in [0.15, 0.2) is 5.76 Å². The lowest BCUT2D eigenvalue weighted by molar-refractivity contribution is 0.101. The van der Waals surface area contributed by atoms with Crippen molar-refractivity contribution in [1.82, 2.24) is 0 Å². The van der Waals surface area contributed by atoms with Gasteiger partial charge in [-0.25, -0.2) is 0 Å². The number of hydrogen-bond donors (Lipinski definition) is 0. The van der Waals surface area contributed by atoms with Crippen LogP contribution >= 0.6 is 0 Å². The first-order valence-corrected chi connectivity index (χ1v) is 7.08. The van der Waals surface area contributed by atoms with Crippen LogP contribution in [0.2, 0.25) is 0 Å². The molecule has 0 bridgehead atoms. The second kappa shape index (κ2) is 4.88. The number of aryl methyl sites for hydroxylation is 4. The van der Waals surface area contributed by atoms with Crippen molar-refractivity contribution in [2.45, 2.75) is 27.7 Å². The van der Waals surface area contributed by atoms with Gasteiger partial charge in [-0.15, -0.1) is 0 Å². The molecule has 0 radical (unpaired) electrons. The van der Waals surface area contributed by atoms with Crippen LogP contribution in [0, 0.1) is 27.7 Å². The largest absolute Gasteiger partial charge is 0.452 e. The van der Waals surface area contributed by atoms with E-state index in [1.54, 1.807) is 0 Å². The first-order valence-electron chi connectivity index (χ1n) is 7.08. The van der Waals surface area contributed by atoms with Crippen LogP contribution in [-0.2, 0) is 0 Å². The summed E-state index contributed by atoms with van der Waals surface area (Å²) in [5.41, 5.74) is 5.67. The predicted molar refractivity (Wildman–Crippen MR) is 85.0 cm³/mol. The number of benzene rings is 2. The molecule has 3 rings (SSSR count). The summed E-state index contributed by atoms with van der Waals surface area (Å²) >= 11 is 0. The molecular weight excluding hydrogens is 260 g/mol. The van der Waals surface area contributed by atoms with Gasteiger partial charge in [-0.3, -0.25) is 4.79 Å². The molecule has 1 aromatic heterocycles. The Hall–Kier alpha value is -2.35. The van der Waals surface area contributed by atoms with Gasteiger partial charge in [-0.2, -0.15) is 0 Å². The molecule has 0 saturated carbocycles. The SMILES string of the molecule is Cc1cc(C)cc(C(=O)c2oc3cc(C)ccc3c2C)c1. The van der Waals surface area contributed by atoms with E-state index in [1.165, 1.54) is 0 Å². The molecule has 0 spiro atoms. The van der Waals surface area contributed by atoms with Gasteiger partial charge in [0.2, 0.25) is 5.78 Å². The molecule has 106 valence electrons. The van der Waals surface area contributed by atoms with Crippen LogP contribution in [0.5, 0.6) is 0 Å². The average Bonchev–Trinajstić information content (AvgIpc) is 2.73. The van der Waals surface area contributed by atoms with E-state index in [2.05, 4.69) is 6.07 Å². The Morgan fingerprint density at radius 1 is 0.857 bits per heavy atom. The molecule has 2 heteroatoms. The van der Waals surface area contributed by atoms with Crippen molar-refractivity contribution in [3.8, 4) is 0 Å². The molecule has 0 N–H and O–H groups in total. The molecule has 0 saturated heterocycles. The zero-order valence-corrected chi connectivity index (χ0v) is 12.8. The van der Waals surface area contributed by atoms with Crippen LogP contribution in [0.25, 0.3) is 11.0 Å². The van der Waals surface area contributed by atoms with Gasteiger partial charge in [-0.1, -0.05) is 29.3 Å². The predicted octanol–water partition coefficient (Wildman–Crippen LogP) is 4.90. The Bertz CT molecular complexity index is 833. The number of fused-ring (bicyclic) bond motifs is 1. The summed E-state index contributed by atoms with van der Waals surface area (Å²) in [4.78, 5) is 12.7. The van der Waals surface area contributed by atoms with Gasteiger partial charge in [-0.05, 0) is 51.5 Å². The molecule has 0 fully saturated rings. The molecule has 1 heterocycles. The highest BCUT2D eigenvalue weighted by atomic mass is 16.3. The van der Waals surface area contributed by atoms with E-state index in [1.807, 2.05) is 58.0 Å². The van der Waals surface area contributed by atoms with Gasteiger partial charge in [0.05, 0.1) is 0 Å². The number of ketones is 1. The van der Waals surface area contributed by atoms with Gasteiger partial charge in [0, 0.05) is 16.5 Å². The summed E-state index contributed by atoms with van der Waals surface area (Å²) in [6.45, 7) is 7.96. The number of furan rings is 1. The summed E-state index contributed by atoms with van der Waals surface area (Å²) in [5, 5.41) is 1.01. The highest BCUT2D eigenvalue weighted by Gasteiger charge is 2.19. The molecule has 0 atom stereocenters. The Kier molecular flexibility index (Phi) is 3.17. The fraction of sp³-hybridized carbons (Fsp3) is 0.211. The van der Waals surface area contributed by atoms with Crippen LogP contribution < -0.4 is 0 Å². The molecule has 2 aromatic carbocycles. The standard InChI is InChI=1S/C19H18O2/c1-11-5-6-16-14(4)19(21-17(16)10-11)18(20)15-8-12(2)7-13(3)9-15/h5-10H,1-4H3. The van der Waals surface area contributed by atoms with Crippen molar-refractivity contribution in [1.29, 1.82) is 0 Å². The van der Waals surface area contributed by atoms with E-state index in [4.69, 9.17) is 4.42 Å². The van der Waals surface area contributed by atoms with Crippen molar-refractivity contribution in [2.24, 2.45) is 0 Å². The lowest BCUT2D eigenvalue weighted by Gasteiger charge is -2.03. The maximum absolute atomic E-state index is 12.7. The third kappa shape index (κ3) is 2.38. The summed E-state index contributed by atoms with van der Waals surface area (Å²) in [5.74, 6) is 0.397. The van der Waals surface area contributed by atoms with Crippen molar-refractivity contribution in [3.63, 3.8) is 0 Å². The third-order valence-corrected chi connectivity index (χ3v) is 3.78. The van der Waals surface area contributed by atoms with Gasteiger partial charge in [0.1, 0.15) is 5.58 Å².